The number of carbonyl (C=O) groups is 1. The number of amides is 1. The number of anilines is 1. The summed E-state index contributed by atoms with van der Waals surface area (Å²) in [5, 5.41) is 12.2. The number of carbonyl (C=O) groups excluding carboxylic acids is 1. The van der Waals surface area contributed by atoms with Crippen LogP contribution < -0.4 is 10.6 Å². The summed E-state index contributed by atoms with van der Waals surface area (Å²) in [6, 6.07) is 0.0963. The van der Waals surface area contributed by atoms with E-state index in [0.29, 0.717) is 12.1 Å². The molecule has 27 heavy (non-hydrogen) atoms. The SMILES string of the molecule is Cc1cnc(C2CC(C)(C)n3ncc(C(=O)NCCN4CCCC4)c3N2)s1. The van der Waals surface area contributed by atoms with E-state index in [4.69, 9.17) is 0 Å². The highest BCUT2D eigenvalue weighted by Gasteiger charge is 2.37. The predicted molar refractivity (Wildman–Crippen MR) is 107 cm³/mol. The predicted octanol–water partition coefficient (Wildman–Crippen LogP) is 2.77. The quantitative estimate of drug-likeness (QED) is 0.824. The van der Waals surface area contributed by atoms with Gasteiger partial charge in [-0.1, -0.05) is 0 Å². The van der Waals surface area contributed by atoms with Crippen LogP contribution in [-0.4, -0.2) is 51.8 Å². The molecule has 1 fully saturated rings. The van der Waals surface area contributed by atoms with E-state index >= 15 is 0 Å². The summed E-state index contributed by atoms with van der Waals surface area (Å²) in [5.41, 5.74) is 0.432. The lowest BCUT2D eigenvalue weighted by atomic mass is 9.93. The van der Waals surface area contributed by atoms with Crippen molar-refractivity contribution < 1.29 is 4.79 Å². The average Bonchev–Trinajstić information content (AvgIpc) is 3.34. The summed E-state index contributed by atoms with van der Waals surface area (Å²) < 4.78 is 1.94. The lowest BCUT2D eigenvalue weighted by Crippen LogP contribution is -2.39. The first-order valence-electron chi connectivity index (χ1n) is 9.72. The molecule has 2 aliphatic heterocycles. The van der Waals surface area contributed by atoms with Gasteiger partial charge in [0, 0.05) is 24.2 Å². The Kier molecular flexibility index (Phi) is 4.94. The molecule has 0 aromatic carbocycles. The Morgan fingerprint density at radius 3 is 2.85 bits per heavy atom. The number of likely N-dealkylation sites (tertiary alicyclic amines) is 1. The fraction of sp³-hybridized carbons (Fsp3) is 0.632. The molecule has 0 spiro atoms. The van der Waals surface area contributed by atoms with Crippen LogP contribution >= 0.6 is 11.3 Å². The Bertz CT molecular complexity index is 820. The average molecular weight is 389 g/mol. The first kappa shape index (κ1) is 18.4. The molecule has 0 aliphatic carbocycles. The van der Waals surface area contributed by atoms with Crippen LogP contribution in [-0.2, 0) is 5.54 Å². The maximum Gasteiger partial charge on any atom is 0.256 e. The van der Waals surface area contributed by atoms with Gasteiger partial charge in [-0.05, 0) is 53.1 Å². The second-order valence-corrected chi connectivity index (χ2v) is 9.41. The summed E-state index contributed by atoms with van der Waals surface area (Å²) in [5.74, 6) is 0.734. The zero-order chi connectivity index (χ0) is 19.0. The van der Waals surface area contributed by atoms with E-state index in [2.05, 4.69) is 46.4 Å². The van der Waals surface area contributed by atoms with Crippen molar-refractivity contribution in [3.05, 3.63) is 27.8 Å². The molecule has 7 nitrogen and oxygen atoms in total. The van der Waals surface area contributed by atoms with Gasteiger partial charge in [-0.2, -0.15) is 5.10 Å². The van der Waals surface area contributed by atoms with Crippen molar-refractivity contribution >= 4 is 23.1 Å². The normalized spacial score (nSPS) is 21.7. The summed E-state index contributed by atoms with van der Waals surface area (Å²) >= 11 is 1.71. The number of hydrogen-bond donors (Lipinski definition) is 2. The van der Waals surface area contributed by atoms with Gasteiger partial charge in [0.15, 0.2) is 0 Å². The molecular weight excluding hydrogens is 360 g/mol. The van der Waals surface area contributed by atoms with Crippen LogP contribution in [0, 0.1) is 6.92 Å². The molecule has 0 radical (unpaired) electrons. The minimum atomic E-state index is -0.182. The van der Waals surface area contributed by atoms with Crippen LogP contribution in [0.1, 0.15) is 59.4 Å². The number of aromatic nitrogens is 3. The highest BCUT2D eigenvalue weighted by molar-refractivity contribution is 7.11. The molecule has 1 atom stereocenters. The monoisotopic (exact) mass is 388 g/mol. The maximum absolute atomic E-state index is 12.8. The van der Waals surface area contributed by atoms with Gasteiger partial charge in [-0.25, -0.2) is 9.67 Å². The number of hydrogen-bond acceptors (Lipinski definition) is 6. The van der Waals surface area contributed by atoms with Crippen LogP contribution in [0.2, 0.25) is 0 Å². The Morgan fingerprint density at radius 1 is 1.37 bits per heavy atom. The topological polar surface area (TPSA) is 75.1 Å². The minimum Gasteiger partial charge on any atom is -0.360 e. The Morgan fingerprint density at radius 2 is 2.15 bits per heavy atom. The van der Waals surface area contributed by atoms with Gasteiger partial charge in [-0.3, -0.25) is 4.79 Å². The van der Waals surface area contributed by atoms with E-state index in [-0.39, 0.29) is 17.5 Å². The van der Waals surface area contributed by atoms with Gasteiger partial charge < -0.3 is 15.5 Å². The lowest BCUT2D eigenvalue weighted by Gasteiger charge is -2.37. The van der Waals surface area contributed by atoms with Crippen molar-refractivity contribution in [3.8, 4) is 0 Å². The molecule has 1 saturated heterocycles. The van der Waals surface area contributed by atoms with Gasteiger partial charge in [-0.15, -0.1) is 11.3 Å². The maximum atomic E-state index is 12.8. The van der Waals surface area contributed by atoms with Crippen molar-refractivity contribution in [2.24, 2.45) is 0 Å². The fourth-order valence-corrected chi connectivity index (χ4v) is 4.85. The molecule has 4 heterocycles. The van der Waals surface area contributed by atoms with E-state index in [1.165, 1.54) is 17.7 Å². The second kappa shape index (κ2) is 7.24. The number of rotatable bonds is 5. The number of nitrogens with one attached hydrogen (secondary N) is 2. The third-order valence-electron chi connectivity index (χ3n) is 5.45. The van der Waals surface area contributed by atoms with Crippen LogP contribution in [0.25, 0.3) is 0 Å². The molecule has 1 unspecified atom stereocenters. The minimum absolute atomic E-state index is 0.0604. The van der Waals surface area contributed by atoms with Crippen molar-refractivity contribution in [2.45, 2.75) is 51.6 Å². The number of aryl methyl sites for hydroxylation is 1. The molecule has 0 saturated carbocycles. The Hall–Kier alpha value is -1.93. The molecular formula is C19H28N6OS. The summed E-state index contributed by atoms with van der Waals surface area (Å²) in [6.07, 6.45) is 7.00. The van der Waals surface area contributed by atoms with Crippen molar-refractivity contribution in [3.63, 3.8) is 0 Å². The largest absolute Gasteiger partial charge is 0.360 e. The fourth-order valence-electron chi connectivity index (χ4n) is 4.03. The van der Waals surface area contributed by atoms with Gasteiger partial charge in [0.05, 0.1) is 17.8 Å². The Balaban J connectivity index is 1.49. The smallest absolute Gasteiger partial charge is 0.256 e. The number of nitrogens with zero attached hydrogens (tertiary/aromatic N) is 4. The van der Waals surface area contributed by atoms with Gasteiger partial charge in [0.25, 0.3) is 5.91 Å². The van der Waals surface area contributed by atoms with Gasteiger partial charge in [0.2, 0.25) is 0 Å². The van der Waals surface area contributed by atoms with Gasteiger partial charge in [0.1, 0.15) is 16.4 Å². The van der Waals surface area contributed by atoms with Crippen molar-refractivity contribution in [1.29, 1.82) is 0 Å². The van der Waals surface area contributed by atoms with E-state index in [1.54, 1.807) is 17.5 Å². The highest BCUT2D eigenvalue weighted by Crippen LogP contribution is 2.40. The zero-order valence-electron chi connectivity index (χ0n) is 16.3. The third-order valence-corrected chi connectivity index (χ3v) is 6.48. The lowest BCUT2D eigenvalue weighted by molar-refractivity contribution is 0.0950. The highest BCUT2D eigenvalue weighted by atomic mass is 32.1. The van der Waals surface area contributed by atoms with E-state index in [0.717, 1.165) is 36.9 Å². The molecule has 2 N–H and O–H groups in total. The molecule has 4 rings (SSSR count). The van der Waals surface area contributed by atoms with E-state index < -0.39 is 0 Å². The molecule has 0 bridgehead atoms. The number of fused-ring (bicyclic) bond motifs is 1. The van der Waals surface area contributed by atoms with Crippen LogP contribution in [0.3, 0.4) is 0 Å². The first-order chi connectivity index (χ1) is 12.9. The molecule has 2 aromatic rings. The summed E-state index contributed by atoms with van der Waals surface area (Å²) in [4.78, 5) is 20.9. The summed E-state index contributed by atoms with van der Waals surface area (Å²) in [7, 11) is 0. The van der Waals surface area contributed by atoms with E-state index in [1.807, 2.05) is 10.9 Å². The van der Waals surface area contributed by atoms with E-state index in [9.17, 15) is 4.79 Å². The molecule has 1 amide bonds. The standard InChI is InChI=1S/C19H28N6OS/c1-13-11-21-18(27-13)15-10-19(2,3)25-16(23-15)14(12-22-25)17(26)20-6-9-24-7-4-5-8-24/h11-12,15,23H,4-10H2,1-3H3,(H,20,26). The molecule has 8 heteroatoms. The van der Waals surface area contributed by atoms with Crippen molar-refractivity contribution in [2.75, 3.05) is 31.5 Å². The van der Waals surface area contributed by atoms with Gasteiger partial charge >= 0.3 is 0 Å². The molecule has 2 aliphatic rings. The van der Waals surface area contributed by atoms with Crippen LogP contribution in [0.4, 0.5) is 5.82 Å². The molecule has 146 valence electrons. The third kappa shape index (κ3) is 3.73. The van der Waals surface area contributed by atoms with Crippen LogP contribution in [0.5, 0.6) is 0 Å². The second-order valence-electron chi connectivity index (χ2n) is 8.15. The van der Waals surface area contributed by atoms with Crippen molar-refractivity contribution in [1.82, 2.24) is 25.0 Å². The first-order valence-corrected chi connectivity index (χ1v) is 10.5. The Labute approximate surface area is 164 Å². The zero-order valence-corrected chi connectivity index (χ0v) is 17.1. The summed E-state index contributed by atoms with van der Waals surface area (Å²) in [6.45, 7) is 10.3. The van der Waals surface area contributed by atoms with Crippen LogP contribution in [0.15, 0.2) is 12.4 Å². The molecule has 2 aromatic heterocycles. The number of thiazole rings is 1.